The molecule has 1 saturated heterocycles. The molecule has 1 aromatic carbocycles. The predicted octanol–water partition coefficient (Wildman–Crippen LogP) is 3.17. The van der Waals surface area contributed by atoms with Gasteiger partial charge in [0.1, 0.15) is 0 Å². The number of amides is 1. The number of nitrogens with one attached hydrogen (secondary N) is 1. The number of nitrogens with zero attached hydrogens (tertiary/aromatic N) is 2. The molecule has 2 heterocycles. The van der Waals surface area contributed by atoms with Crippen LogP contribution in [0, 0.1) is 0 Å². The maximum atomic E-state index is 12.1. The maximum Gasteiger partial charge on any atom is 0.267 e. The zero-order valence-electron chi connectivity index (χ0n) is 12.5. The lowest BCUT2D eigenvalue weighted by Crippen LogP contribution is -2.46. The Morgan fingerprint density at radius 2 is 1.62 bits per heavy atom. The summed E-state index contributed by atoms with van der Waals surface area (Å²) < 4.78 is 0. The molecule has 0 atom stereocenters. The van der Waals surface area contributed by atoms with Crippen molar-refractivity contribution in [1.82, 2.24) is 15.0 Å². The minimum atomic E-state index is 0.0856. The van der Waals surface area contributed by atoms with Crippen LogP contribution in [0.15, 0.2) is 54.9 Å². The Bertz CT molecular complexity index is 487. The highest BCUT2D eigenvalue weighted by molar-refractivity contribution is 5.93. The molecule has 1 aliphatic heterocycles. The van der Waals surface area contributed by atoms with Gasteiger partial charge in [-0.2, -0.15) is 0 Å². The van der Waals surface area contributed by atoms with Crippen LogP contribution in [-0.4, -0.2) is 41.0 Å². The average molecular weight is 285 g/mol. The van der Waals surface area contributed by atoms with Gasteiger partial charge in [-0.15, -0.1) is 0 Å². The van der Waals surface area contributed by atoms with E-state index in [4.69, 9.17) is 0 Å². The molecule has 3 rings (SSSR count). The monoisotopic (exact) mass is 285 g/mol. The molecule has 4 heteroatoms. The van der Waals surface area contributed by atoms with Crippen LogP contribution in [0.2, 0.25) is 0 Å². The van der Waals surface area contributed by atoms with Gasteiger partial charge in [0.2, 0.25) is 0 Å². The number of piperidine rings is 1. The van der Waals surface area contributed by atoms with E-state index >= 15 is 0 Å². The van der Waals surface area contributed by atoms with Gasteiger partial charge in [0, 0.05) is 38.1 Å². The van der Waals surface area contributed by atoms with E-state index in [0.717, 1.165) is 18.7 Å². The summed E-state index contributed by atoms with van der Waals surface area (Å²) in [6.07, 6.45) is 7.41. The van der Waals surface area contributed by atoms with E-state index in [0.29, 0.717) is 0 Å². The first kappa shape index (κ1) is 15.3. The fourth-order valence-electron chi connectivity index (χ4n) is 2.35. The van der Waals surface area contributed by atoms with Crippen LogP contribution in [0.3, 0.4) is 0 Å². The average Bonchev–Trinajstić information content (AvgIpc) is 3.15. The third-order valence-electron chi connectivity index (χ3n) is 3.57. The Kier molecular flexibility index (Phi) is 6.03. The van der Waals surface area contributed by atoms with Crippen LogP contribution < -0.4 is 0 Å². The lowest BCUT2D eigenvalue weighted by atomic mass is 10.1. The molecule has 1 aromatic heterocycles. The minimum Gasteiger partial charge on any atom is -0.368 e. The number of hydrogen-bond donors (Lipinski definition) is 1. The van der Waals surface area contributed by atoms with E-state index in [9.17, 15) is 4.79 Å². The van der Waals surface area contributed by atoms with Gasteiger partial charge in [0.05, 0.1) is 0 Å². The first-order valence-electron chi connectivity index (χ1n) is 7.45. The molecule has 1 fully saturated rings. The second-order valence-corrected chi connectivity index (χ2v) is 5.09. The highest BCUT2D eigenvalue weighted by atomic mass is 16.2. The summed E-state index contributed by atoms with van der Waals surface area (Å²) >= 11 is 0. The van der Waals surface area contributed by atoms with Gasteiger partial charge in [-0.05, 0) is 37.1 Å². The van der Waals surface area contributed by atoms with E-state index in [2.05, 4.69) is 9.99 Å². The molecule has 0 saturated carbocycles. The largest absolute Gasteiger partial charge is 0.368 e. The molecule has 2 aromatic rings. The molecule has 0 unspecified atom stereocenters. The van der Waals surface area contributed by atoms with Gasteiger partial charge in [0.25, 0.3) is 5.91 Å². The van der Waals surface area contributed by atoms with Crippen molar-refractivity contribution in [1.29, 1.82) is 0 Å². The summed E-state index contributed by atoms with van der Waals surface area (Å²) in [4.78, 5) is 15.0. The van der Waals surface area contributed by atoms with Crippen molar-refractivity contribution in [2.45, 2.75) is 19.3 Å². The van der Waals surface area contributed by atoms with E-state index in [1.165, 1.54) is 19.3 Å². The number of benzene rings is 1. The van der Waals surface area contributed by atoms with Gasteiger partial charge in [0.15, 0.2) is 0 Å². The first-order chi connectivity index (χ1) is 10.3. The van der Waals surface area contributed by atoms with Gasteiger partial charge < -0.3 is 4.98 Å². The SMILES string of the molecule is CN(C(=O)c1ccccc1)N1CCCCC1.c1cc[nH]c1. The Balaban J connectivity index is 0.000000272. The summed E-state index contributed by atoms with van der Waals surface area (Å²) in [5.41, 5.74) is 0.760. The van der Waals surface area contributed by atoms with Crippen molar-refractivity contribution in [3.63, 3.8) is 0 Å². The quantitative estimate of drug-likeness (QED) is 0.920. The molecule has 0 bridgehead atoms. The van der Waals surface area contributed by atoms with Crippen LogP contribution in [-0.2, 0) is 0 Å². The molecule has 1 amide bonds. The standard InChI is InChI=1S/C13H18N2O.C4H5N/c1-14(15-10-6-3-7-11-15)13(16)12-8-4-2-5-9-12;1-2-4-5-3-1/h2,4-5,8-9H,3,6-7,10-11H2,1H3;1-5H. The molecule has 0 radical (unpaired) electrons. The summed E-state index contributed by atoms with van der Waals surface area (Å²) in [7, 11) is 1.86. The highest BCUT2D eigenvalue weighted by Gasteiger charge is 2.20. The van der Waals surface area contributed by atoms with Gasteiger partial charge >= 0.3 is 0 Å². The number of carbonyl (C=O) groups is 1. The van der Waals surface area contributed by atoms with Crippen molar-refractivity contribution in [3.05, 3.63) is 60.4 Å². The smallest absolute Gasteiger partial charge is 0.267 e. The Labute approximate surface area is 126 Å². The second kappa shape index (κ2) is 8.27. The number of aromatic amines is 1. The zero-order chi connectivity index (χ0) is 14.9. The van der Waals surface area contributed by atoms with Crippen LogP contribution >= 0.6 is 0 Å². The molecule has 0 spiro atoms. The van der Waals surface area contributed by atoms with E-state index < -0.39 is 0 Å². The van der Waals surface area contributed by atoms with Gasteiger partial charge in [-0.3, -0.25) is 9.80 Å². The van der Waals surface area contributed by atoms with Crippen molar-refractivity contribution in [3.8, 4) is 0 Å². The van der Waals surface area contributed by atoms with E-state index in [1.807, 2.05) is 61.9 Å². The third kappa shape index (κ3) is 4.76. The maximum absolute atomic E-state index is 12.1. The number of hydrogen-bond acceptors (Lipinski definition) is 2. The molecular weight excluding hydrogens is 262 g/mol. The molecule has 21 heavy (non-hydrogen) atoms. The van der Waals surface area contributed by atoms with Crippen LogP contribution in [0.4, 0.5) is 0 Å². The van der Waals surface area contributed by atoms with Gasteiger partial charge in [-0.25, -0.2) is 5.01 Å². The number of H-pyrrole nitrogens is 1. The Morgan fingerprint density at radius 3 is 2.14 bits per heavy atom. The summed E-state index contributed by atoms with van der Waals surface area (Å²) in [6.45, 7) is 1.99. The van der Waals surface area contributed by atoms with Crippen molar-refractivity contribution >= 4 is 5.91 Å². The lowest BCUT2D eigenvalue weighted by molar-refractivity contribution is -0.00498. The van der Waals surface area contributed by atoms with Crippen LogP contribution in [0.25, 0.3) is 0 Å². The Morgan fingerprint density at radius 1 is 1.00 bits per heavy atom. The number of hydrazine groups is 1. The fraction of sp³-hybridized carbons (Fsp3) is 0.353. The van der Waals surface area contributed by atoms with E-state index in [1.54, 1.807) is 5.01 Å². The molecule has 1 N–H and O–H groups in total. The predicted molar refractivity (Wildman–Crippen MR) is 84.8 cm³/mol. The second-order valence-electron chi connectivity index (χ2n) is 5.09. The van der Waals surface area contributed by atoms with Gasteiger partial charge in [-0.1, -0.05) is 24.6 Å². The zero-order valence-corrected chi connectivity index (χ0v) is 12.5. The third-order valence-corrected chi connectivity index (χ3v) is 3.57. The minimum absolute atomic E-state index is 0.0856. The van der Waals surface area contributed by atoms with Crippen molar-refractivity contribution in [2.75, 3.05) is 20.1 Å². The molecule has 0 aliphatic carbocycles. The number of rotatable bonds is 2. The fourth-order valence-corrected chi connectivity index (χ4v) is 2.35. The normalized spacial score (nSPS) is 14.9. The number of aromatic nitrogens is 1. The van der Waals surface area contributed by atoms with Crippen LogP contribution in [0.5, 0.6) is 0 Å². The highest BCUT2D eigenvalue weighted by Crippen LogP contribution is 2.13. The van der Waals surface area contributed by atoms with Crippen molar-refractivity contribution in [2.24, 2.45) is 0 Å². The summed E-state index contributed by atoms with van der Waals surface area (Å²) in [5, 5.41) is 3.90. The topological polar surface area (TPSA) is 39.3 Å². The van der Waals surface area contributed by atoms with Crippen LogP contribution in [0.1, 0.15) is 29.6 Å². The summed E-state index contributed by atoms with van der Waals surface area (Å²) in [6, 6.07) is 13.3. The summed E-state index contributed by atoms with van der Waals surface area (Å²) in [5.74, 6) is 0.0856. The van der Waals surface area contributed by atoms with Crippen molar-refractivity contribution < 1.29 is 4.79 Å². The first-order valence-corrected chi connectivity index (χ1v) is 7.45. The molecule has 112 valence electrons. The molecular formula is C17H23N3O. The van der Waals surface area contributed by atoms with E-state index in [-0.39, 0.29) is 5.91 Å². The number of carbonyl (C=O) groups excluding carboxylic acids is 1. The Hall–Kier alpha value is -2.07. The molecule has 1 aliphatic rings. The lowest BCUT2D eigenvalue weighted by Gasteiger charge is -2.34. The molecule has 4 nitrogen and oxygen atoms in total.